The van der Waals surface area contributed by atoms with Crippen molar-refractivity contribution >= 4 is 12.4 Å². The molecule has 0 aromatic rings. The maximum atomic E-state index is 11.2. The lowest BCUT2D eigenvalue weighted by atomic mass is 10.1. The molecule has 0 aromatic carbocycles. The largest absolute Gasteiger partial charge is 0.463 e. The van der Waals surface area contributed by atoms with Crippen molar-refractivity contribution in [2.24, 2.45) is 5.92 Å². The summed E-state index contributed by atoms with van der Waals surface area (Å²) in [6.45, 7) is 5.85. The number of carbonyl (C=O) groups excluding carboxylic acids is 2. The van der Waals surface area contributed by atoms with E-state index in [9.17, 15) is 9.59 Å². The molecule has 0 bridgehead atoms. The molecule has 0 aliphatic heterocycles. The van der Waals surface area contributed by atoms with E-state index in [2.05, 4.69) is 5.32 Å². The van der Waals surface area contributed by atoms with Crippen molar-refractivity contribution in [2.75, 3.05) is 6.54 Å². The van der Waals surface area contributed by atoms with Crippen LogP contribution in [0.1, 0.15) is 27.2 Å². The summed E-state index contributed by atoms with van der Waals surface area (Å²) in [5, 5.41) is 2.37. The van der Waals surface area contributed by atoms with Crippen molar-refractivity contribution in [3.8, 4) is 0 Å². The van der Waals surface area contributed by atoms with E-state index in [1.165, 1.54) is 0 Å². The lowest BCUT2D eigenvalue weighted by Crippen LogP contribution is -2.23. The summed E-state index contributed by atoms with van der Waals surface area (Å²) in [4.78, 5) is 21.0. The fourth-order valence-corrected chi connectivity index (χ4v) is 0.806. The number of hydrogen-bond acceptors (Lipinski definition) is 3. The van der Waals surface area contributed by atoms with Gasteiger partial charge in [0.2, 0.25) is 0 Å². The maximum Gasteiger partial charge on any atom is 0.309 e. The molecule has 0 aromatic heterocycles. The number of rotatable bonds is 6. The van der Waals surface area contributed by atoms with Crippen molar-refractivity contribution in [2.45, 2.75) is 33.3 Å². The lowest BCUT2D eigenvalue weighted by molar-refractivity contribution is -0.151. The molecule has 1 radical (unpaired) electrons. The van der Waals surface area contributed by atoms with E-state index in [1.807, 2.05) is 13.8 Å². The predicted octanol–water partition coefficient (Wildman–Crippen LogP) is 0.621. The Balaban J connectivity index is 3.62. The van der Waals surface area contributed by atoms with Crippen molar-refractivity contribution < 1.29 is 14.3 Å². The molecular formula is C9H16NO3. The van der Waals surface area contributed by atoms with E-state index in [0.717, 1.165) is 0 Å². The van der Waals surface area contributed by atoms with Crippen molar-refractivity contribution in [1.29, 1.82) is 0 Å². The van der Waals surface area contributed by atoms with Crippen molar-refractivity contribution in [1.82, 2.24) is 5.32 Å². The highest BCUT2D eigenvalue weighted by molar-refractivity contribution is 5.72. The summed E-state index contributed by atoms with van der Waals surface area (Å²) in [7, 11) is 0. The van der Waals surface area contributed by atoms with Gasteiger partial charge in [0.25, 0.3) is 0 Å². The number of ether oxygens (including phenoxy) is 1. The summed E-state index contributed by atoms with van der Waals surface area (Å²) in [5.74, 6) is -0.397. The zero-order valence-corrected chi connectivity index (χ0v) is 8.29. The first-order valence-corrected chi connectivity index (χ1v) is 4.38. The summed E-state index contributed by atoms with van der Waals surface area (Å²) < 4.78 is 4.98. The van der Waals surface area contributed by atoms with E-state index in [1.54, 1.807) is 13.3 Å². The average molecular weight is 186 g/mol. The molecule has 4 nitrogen and oxygen atoms in total. The first-order valence-electron chi connectivity index (χ1n) is 4.38. The summed E-state index contributed by atoms with van der Waals surface area (Å²) in [5.41, 5.74) is 0. The summed E-state index contributed by atoms with van der Waals surface area (Å²) in [6, 6.07) is 0. The van der Waals surface area contributed by atoms with Gasteiger partial charge >= 0.3 is 12.4 Å². The van der Waals surface area contributed by atoms with Gasteiger partial charge in [0.15, 0.2) is 0 Å². The highest BCUT2D eigenvalue weighted by atomic mass is 16.5. The molecule has 4 heteroatoms. The van der Waals surface area contributed by atoms with Crippen LogP contribution in [0, 0.1) is 5.92 Å². The van der Waals surface area contributed by atoms with Gasteiger partial charge < -0.3 is 10.1 Å². The van der Waals surface area contributed by atoms with Gasteiger partial charge in [-0.05, 0) is 20.3 Å². The van der Waals surface area contributed by atoms with Gasteiger partial charge in [-0.1, -0.05) is 6.92 Å². The highest BCUT2D eigenvalue weighted by Crippen LogP contribution is 2.05. The predicted molar refractivity (Wildman–Crippen MR) is 48.7 cm³/mol. The average Bonchev–Trinajstić information content (AvgIpc) is 2.03. The van der Waals surface area contributed by atoms with Gasteiger partial charge in [0.05, 0.1) is 12.0 Å². The van der Waals surface area contributed by atoms with Crippen LogP contribution in [-0.2, 0) is 14.3 Å². The molecule has 0 aliphatic rings. The number of nitrogens with one attached hydrogen (secondary N) is 1. The minimum absolute atomic E-state index is 0.0828. The van der Waals surface area contributed by atoms with Crippen molar-refractivity contribution in [3.63, 3.8) is 0 Å². The van der Waals surface area contributed by atoms with Gasteiger partial charge in [-0.15, -0.1) is 0 Å². The lowest BCUT2D eigenvalue weighted by Gasteiger charge is -2.12. The fraction of sp³-hybridized carbons (Fsp3) is 0.778. The monoisotopic (exact) mass is 186 g/mol. The number of amides is 1. The van der Waals surface area contributed by atoms with E-state index >= 15 is 0 Å². The number of hydrogen-bond donors (Lipinski definition) is 1. The van der Waals surface area contributed by atoms with Gasteiger partial charge in [0, 0.05) is 6.54 Å². The Kier molecular flexibility index (Phi) is 5.93. The number of carbonyl (C=O) groups is 1. The molecule has 0 spiro atoms. The Bertz CT molecular complexity index is 168. The third-order valence-corrected chi connectivity index (χ3v) is 1.53. The number of esters is 1. The van der Waals surface area contributed by atoms with E-state index in [0.29, 0.717) is 13.0 Å². The minimum atomic E-state index is -0.220. The van der Waals surface area contributed by atoms with Crippen LogP contribution in [-0.4, -0.2) is 25.0 Å². The minimum Gasteiger partial charge on any atom is -0.463 e. The topological polar surface area (TPSA) is 55.4 Å². The first-order chi connectivity index (χ1) is 6.07. The third kappa shape index (κ3) is 6.13. The molecule has 0 aliphatic carbocycles. The molecule has 1 N–H and O–H groups in total. The Labute approximate surface area is 78.6 Å². The molecular weight excluding hydrogens is 170 g/mol. The summed E-state index contributed by atoms with van der Waals surface area (Å²) in [6.07, 6.45) is 2.05. The second kappa shape index (κ2) is 6.46. The van der Waals surface area contributed by atoms with Gasteiger partial charge in [-0.25, -0.2) is 0 Å². The molecule has 0 heterocycles. The molecule has 75 valence electrons. The third-order valence-electron chi connectivity index (χ3n) is 1.53. The fourth-order valence-electron chi connectivity index (χ4n) is 0.806. The molecule has 1 amide bonds. The van der Waals surface area contributed by atoms with Crippen LogP contribution in [0.2, 0.25) is 0 Å². The Morgan fingerprint density at radius 2 is 2.08 bits per heavy atom. The molecule has 13 heavy (non-hydrogen) atoms. The Morgan fingerprint density at radius 3 is 2.54 bits per heavy atom. The quantitative estimate of drug-likeness (QED) is 0.376. The molecule has 0 fully saturated rings. The highest BCUT2D eigenvalue weighted by Gasteiger charge is 2.14. The first kappa shape index (κ1) is 11.9. The molecule has 0 saturated carbocycles. The zero-order chi connectivity index (χ0) is 10.3. The zero-order valence-electron chi connectivity index (χ0n) is 8.29. The molecule has 0 rings (SSSR count). The standard InChI is InChI=1S/C9H16NO3/c1-7(2)13-9(12)8(3)4-5-10-6-11/h7-8H,4-5H2,1-3H3,(H,10,11). The Hall–Kier alpha value is -1.06. The van der Waals surface area contributed by atoms with Crippen LogP contribution in [0.3, 0.4) is 0 Å². The van der Waals surface area contributed by atoms with Crippen LogP contribution in [0.25, 0.3) is 0 Å². The van der Waals surface area contributed by atoms with Crippen LogP contribution in [0.4, 0.5) is 0 Å². The van der Waals surface area contributed by atoms with Crippen LogP contribution in [0.15, 0.2) is 0 Å². The smallest absolute Gasteiger partial charge is 0.309 e. The van der Waals surface area contributed by atoms with Gasteiger partial charge in [-0.2, -0.15) is 0 Å². The Morgan fingerprint density at radius 1 is 1.46 bits per heavy atom. The van der Waals surface area contributed by atoms with Gasteiger partial charge in [0.1, 0.15) is 0 Å². The van der Waals surface area contributed by atoms with Crippen LogP contribution < -0.4 is 5.32 Å². The van der Waals surface area contributed by atoms with E-state index in [4.69, 9.17) is 4.74 Å². The molecule has 0 saturated heterocycles. The summed E-state index contributed by atoms with van der Waals surface area (Å²) >= 11 is 0. The van der Waals surface area contributed by atoms with Crippen LogP contribution >= 0.6 is 0 Å². The SMILES string of the molecule is CC(C)OC(=O)C(C)CCN[C]=O. The van der Waals surface area contributed by atoms with E-state index < -0.39 is 0 Å². The second-order valence-corrected chi connectivity index (χ2v) is 3.20. The molecule has 1 unspecified atom stereocenters. The van der Waals surface area contributed by atoms with Gasteiger partial charge in [-0.3, -0.25) is 9.59 Å². The van der Waals surface area contributed by atoms with E-state index in [-0.39, 0.29) is 18.0 Å². The van der Waals surface area contributed by atoms with Crippen molar-refractivity contribution in [3.05, 3.63) is 0 Å². The maximum absolute atomic E-state index is 11.2. The molecule has 1 atom stereocenters. The normalized spacial score (nSPS) is 12.3. The second-order valence-electron chi connectivity index (χ2n) is 3.20. The van der Waals surface area contributed by atoms with Crippen LogP contribution in [0.5, 0.6) is 0 Å².